The third-order valence-electron chi connectivity index (χ3n) is 5.26. The van der Waals surface area contributed by atoms with E-state index in [1.807, 2.05) is 24.3 Å². The lowest BCUT2D eigenvalue weighted by molar-refractivity contribution is 0.101. The topological polar surface area (TPSA) is 61.8 Å². The molecule has 4 nitrogen and oxygen atoms in total. The van der Waals surface area contributed by atoms with Crippen LogP contribution in [-0.2, 0) is 6.42 Å². The minimum Gasteiger partial charge on any atom is -0.381 e. The summed E-state index contributed by atoms with van der Waals surface area (Å²) in [7, 11) is 0. The molecule has 1 aromatic heterocycles. The first kappa shape index (κ1) is 20.3. The average Bonchev–Trinajstić information content (AvgIpc) is 3.21. The van der Waals surface area contributed by atoms with Crippen LogP contribution in [0.5, 0.6) is 0 Å². The van der Waals surface area contributed by atoms with Crippen molar-refractivity contribution in [3.63, 3.8) is 0 Å². The zero-order valence-electron chi connectivity index (χ0n) is 15.8. The number of halogens is 2. The molecule has 0 saturated heterocycles. The summed E-state index contributed by atoms with van der Waals surface area (Å²) in [5.74, 6) is 0.679. The van der Waals surface area contributed by atoms with Gasteiger partial charge in [0.15, 0.2) is 0 Å². The van der Waals surface area contributed by atoms with Gasteiger partial charge in [-0.25, -0.2) is 4.98 Å². The maximum Gasteiger partial charge on any atom is 0.137 e. The van der Waals surface area contributed by atoms with Gasteiger partial charge in [-0.1, -0.05) is 68.3 Å². The molecule has 6 heteroatoms. The second-order valence-corrected chi connectivity index (χ2v) is 9.10. The van der Waals surface area contributed by atoms with Crippen molar-refractivity contribution < 1.29 is 5.11 Å². The van der Waals surface area contributed by atoms with Crippen LogP contribution in [0.3, 0.4) is 0 Å². The predicted octanol–water partition coefficient (Wildman–Crippen LogP) is 5.95. The minimum absolute atomic E-state index is 0.373. The van der Waals surface area contributed by atoms with E-state index in [4.69, 9.17) is 0 Å². The highest BCUT2D eigenvalue weighted by Gasteiger charge is 2.39. The van der Waals surface area contributed by atoms with Gasteiger partial charge in [0.2, 0.25) is 0 Å². The Morgan fingerprint density at radius 3 is 1.86 bits per heavy atom. The molecule has 1 heterocycles. The maximum atomic E-state index is 12.0. The zero-order chi connectivity index (χ0) is 20.3. The largest absolute Gasteiger partial charge is 0.381 e. The van der Waals surface area contributed by atoms with Crippen LogP contribution in [-0.4, -0.2) is 25.9 Å². The molecule has 1 aliphatic carbocycles. The van der Waals surface area contributed by atoms with Gasteiger partial charge in [-0.3, -0.25) is 5.10 Å². The Kier molecular flexibility index (Phi) is 6.13. The van der Waals surface area contributed by atoms with E-state index in [9.17, 15) is 5.11 Å². The average molecular weight is 515 g/mol. The molecule has 3 aromatic rings. The van der Waals surface area contributed by atoms with Crippen molar-refractivity contribution in [3.05, 3.63) is 91.9 Å². The highest BCUT2D eigenvalue weighted by Crippen LogP contribution is 2.41. The Morgan fingerprint density at radius 1 is 0.897 bits per heavy atom. The summed E-state index contributed by atoms with van der Waals surface area (Å²) in [6.45, 7) is 0. The Balaban J connectivity index is 1.77. The van der Waals surface area contributed by atoms with E-state index < -0.39 is 5.60 Å². The number of nitrogens with zero attached hydrogens (tertiary/aromatic N) is 2. The van der Waals surface area contributed by atoms with Gasteiger partial charge in [-0.2, -0.15) is 5.10 Å². The van der Waals surface area contributed by atoms with Crippen LogP contribution in [0.25, 0.3) is 12.2 Å². The molecule has 29 heavy (non-hydrogen) atoms. The summed E-state index contributed by atoms with van der Waals surface area (Å²) in [5, 5.41) is 18.8. The van der Waals surface area contributed by atoms with Gasteiger partial charge < -0.3 is 5.11 Å². The smallest absolute Gasteiger partial charge is 0.137 e. The normalized spacial score (nSPS) is 22.3. The lowest BCUT2D eigenvalue weighted by Gasteiger charge is -2.37. The molecule has 0 aliphatic heterocycles. The fourth-order valence-corrected chi connectivity index (χ4v) is 4.31. The number of H-pyrrole nitrogens is 1. The quantitative estimate of drug-likeness (QED) is 0.452. The summed E-state index contributed by atoms with van der Waals surface area (Å²) in [4.78, 5) is 4.27. The molecule has 0 radical (unpaired) electrons. The summed E-state index contributed by atoms with van der Waals surface area (Å²) >= 11 is 6.97. The molecule has 1 saturated carbocycles. The van der Waals surface area contributed by atoms with Gasteiger partial charge in [-0.05, 0) is 65.8 Å². The highest BCUT2D eigenvalue weighted by molar-refractivity contribution is 9.10. The van der Waals surface area contributed by atoms with Crippen LogP contribution in [0.4, 0.5) is 0 Å². The van der Waals surface area contributed by atoms with Gasteiger partial charge >= 0.3 is 0 Å². The molecule has 1 fully saturated rings. The third kappa shape index (κ3) is 4.77. The van der Waals surface area contributed by atoms with Crippen LogP contribution in [0.1, 0.15) is 36.2 Å². The maximum absolute atomic E-state index is 12.0. The fraction of sp³-hybridized carbons (Fsp3) is 0.217. The Bertz CT molecular complexity index is 959. The van der Waals surface area contributed by atoms with E-state index in [1.54, 1.807) is 0 Å². The fourth-order valence-electron chi connectivity index (χ4n) is 3.78. The second-order valence-electron chi connectivity index (χ2n) is 7.27. The van der Waals surface area contributed by atoms with Gasteiger partial charge in [0.25, 0.3) is 0 Å². The number of benzene rings is 2. The molecular weight excluding hydrogens is 494 g/mol. The summed E-state index contributed by atoms with van der Waals surface area (Å²) < 4.78 is 2.08. The van der Waals surface area contributed by atoms with E-state index in [1.165, 1.54) is 6.33 Å². The standard InChI is InChI=1S/C23H21Br2N3O/c24-20-8-4-16(5-9-20)12-18-2-1-3-19(13-17-6-10-21(25)11-7-17)23(18,29)14-22-26-15-27-28-22/h4-13,15,29H,1-3,14H2,(H,26,27,28). The monoisotopic (exact) mass is 513 g/mol. The summed E-state index contributed by atoms with van der Waals surface area (Å²) in [5.41, 5.74) is 3.06. The Morgan fingerprint density at radius 2 is 1.41 bits per heavy atom. The number of hydrogen-bond acceptors (Lipinski definition) is 3. The predicted molar refractivity (Wildman–Crippen MR) is 123 cm³/mol. The minimum atomic E-state index is -1.10. The molecule has 2 N–H and O–H groups in total. The molecule has 0 atom stereocenters. The molecule has 1 aliphatic rings. The van der Waals surface area contributed by atoms with Gasteiger partial charge in [0, 0.05) is 15.4 Å². The number of hydrogen-bond donors (Lipinski definition) is 2. The lowest BCUT2D eigenvalue weighted by Crippen LogP contribution is -2.39. The van der Waals surface area contributed by atoms with Gasteiger partial charge in [0.1, 0.15) is 17.8 Å². The van der Waals surface area contributed by atoms with Crippen molar-refractivity contribution >= 4 is 44.0 Å². The lowest BCUT2D eigenvalue weighted by atomic mass is 9.73. The van der Waals surface area contributed by atoms with Crippen molar-refractivity contribution in [1.29, 1.82) is 0 Å². The van der Waals surface area contributed by atoms with E-state index in [0.717, 1.165) is 50.5 Å². The van der Waals surface area contributed by atoms with Crippen molar-refractivity contribution in [1.82, 2.24) is 15.2 Å². The molecule has 4 rings (SSSR count). The van der Waals surface area contributed by atoms with Crippen molar-refractivity contribution in [3.8, 4) is 0 Å². The van der Waals surface area contributed by atoms with Crippen LogP contribution < -0.4 is 0 Å². The van der Waals surface area contributed by atoms with Gasteiger partial charge in [-0.15, -0.1) is 0 Å². The van der Waals surface area contributed by atoms with E-state index >= 15 is 0 Å². The van der Waals surface area contributed by atoms with Crippen LogP contribution in [0.2, 0.25) is 0 Å². The Labute approximate surface area is 187 Å². The molecule has 0 unspecified atom stereocenters. The van der Waals surface area contributed by atoms with Crippen molar-refractivity contribution in [2.45, 2.75) is 31.3 Å². The van der Waals surface area contributed by atoms with Gasteiger partial charge in [0.05, 0.1) is 0 Å². The van der Waals surface area contributed by atoms with E-state index in [0.29, 0.717) is 12.2 Å². The number of nitrogens with one attached hydrogen (secondary N) is 1. The Hall–Kier alpha value is -2.02. The van der Waals surface area contributed by atoms with Crippen molar-refractivity contribution in [2.75, 3.05) is 0 Å². The molecule has 2 aromatic carbocycles. The van der Waals surface area contributed by atoms with E-state index in [-0.39, 0.29) is 0 Å². The third-order valence-corrected chi connectivity index (χ3v) is 6.32. The first-order valence-corrected chi connectivity index (χ1v) is 11.1. The molecule has 0 amide bonds. The summed E-state index contributed by atoms with van der Waals surface area (Å²) in [6, 6.07) is 16.3. The highest BCUT2D eigenvalue weighted by atomic mass is 79.9. The van der Waals surface area contributed by atoms with Crippen LogP contribution in [0.15, 0.2) is 74.9 Å². The zero-order valence-corrected chi connectivity index (χ0v) is 18.9. The molecular formula is C23H21Br2N3O. The number of aromatic nitrogens is 3. The van der Waals surface area contributed by atoms with E-state index in [2.05, 4.69) is 83.5 Å². The molecule has 0 bridgehead atoms. The first-order chi connectivity index (χ1) is 14.0. The number of rotatable bonds is 4. The van der Waals surface area contributed by atoms with Crippen molar-refractivity contribution in [2.24, 2.45) is 0 Å². The van der Waals surface area contributed by atoms with Crippen LogP contribution in [0, 0.1) is 0 Å². The first-order valence-electron chi connectivity index (χ1n) is 9.53. The number of aromatic amines is 1. The second kappa shape index (κ2) is 8.78. The summed E-state index contributed by atoms with van der Waals surface area (Å²) in [6.07, 6.45) is 8.77. The molecule has 148 valence electrons. The van der Waals surface area contributed by atoms with Crippen LogP contribution >= 0.6 is 31.9 Å². The molecule has 0 spiro atoms. The SMILES string of the molecule is OC1(Cc2ncn[nH]2)C(=Cc2ccc(Br)cc2)CCCC1=Cc1ccc(Br)cc1. The number of aliphatic hydroxyl groups is 1.